The molecule has 1 N–H and O–H groups in total. The molecule has 1 atom stereocenters. The fraction of sp³-hybridized carbons (Fsp3) is 1.00. The van der Waals surface area contributed by atoms with E-state index >= 15 is 0 Å². The highest BCUT2D eigenvalue weighted by molar-refractivity contribution is 4.75. The van der Waals surface area contributed by atoms with Crippen molar-refractivity contribution in [2.75, 3.05) is 26.2 Å². The van der Waals surface area contributed by atoms with Gasteiger partial charge in [0.25, 0.3) is 0 Å². The van der Waals surface area contributed by atoms with E-state index in [0.717, 1.165) is 26.2 Å². The number of hydrogen-bond donors (Lipinski definition) is 1. The second-order valence-corrected chi connectivity index (χ2v) is 4.16. The van der Waals surface area contributed by atoms with Crippen LogP contribution < -0.4 is 5.32 Å². The lowest BCUT2D eigenvalue weighted by Crippen LogP contribution is -2.49. The van der Waals surface area contributed by atoms with Gasteiger partial charge in [-0.05, 0) is 26.3 Å². The fourth-order valence-corrected chi connectivity index (χ4v) is 1.86. The van der Waals surface area contributed by atoms with E-state index in [2.05, 4.69) is 17.1 Å². The molecule has 0 bridgehead atoms. The Morgan fingerprint density at radius 1 is 1.33 bits per heavy atom. The lowest BCUT2D eigenvalue weighted by atomic mass is 10.1. The standard InChI is InChI=1S/C10H19F3N2/c1-9-8-14-5-7-15(9)6-3-2-4-10(11,12)13/h9,14H,2-8H2,1H3. The topological polar surface area (TPSA) is 15.3 Å². The highest BCUT2D eigenvalue weighted by Gasteiger charge is 2.26. The molecule has 1 saturated heterocycles. The predicted molar refractivity (Wildman–Crippen MR) is 53.8 cm³/mol. The van der Waals surface area contributed by atoms with E-state index in [1.165, 1.54) is 0 Å². The highest BCUT2D eigenvalue weighted by Crippen LogP contribution is 2.22. The zero-order chi connectivity index (χ0) is 11.3. The van der Waals surface area contributed by atoms with Gasteiger partial charge in [-0.25, -0.2) is 0 Å². The minimum absolute atomic E-state index is 0.250. The summed E-state index contributed by atoms with van der Waals surface area (Å²) in [4.78, 5) is 2.26. The zero-order valence-corrected chi connectivity index (χ0v) is 9.11. The molecule has 0 aromatic rings. The van der Waals surface area contributed by atoms with Crippen molar-refractivity contribution in [2.45, 2.75) is 38.4 Å². The van der Waals surface area contributed by atoms with Gasteiger partial charge in [0.1, 0.15) is 0 Å². The molecule has 1 fully saturated rings. The summed E-state index contributed by atoms with van der Waals surface area (Å²) in [5.41, 5.74) is 0. The van der Waals surface area contributed by atoms with Crippen molar-refractivity contribution < 1.29 is 13.2 Å². The summed E-state index contributed by atoms with van der Waals surface area (Å²) >= 11 is 0. The second-order valence-electron chi connectivity index (χ2n) is 4.16. The summed E-state index contributed by atoms with van der Waals surface area (Å²) in [6, 6.07) is 0.449. The van der Waals surface area contributed by atoms with Crippen LogP contribution in [0, 0.1) is 0 Å². The van der Waals surface area contributed by atoms with Crippen LogP contribution in [0.3, 0.4) is 0 Å². The largest absolute Gasteiger partial charge is 0.389 e. The van der Waals surface area contributed by atoms with Gasteiger partial charge in [-0.2, -0.15) is 13.2 Å². The first-order valence-corrected chi connectivity index (χ1v) is 5.50. The van der Waals surface area contributed by atoms with Gasteiger partial charge in [-0.1, -0.05) is 0 Å². The van der Waals surface area contributed by atoms with Gasteiger partial charge in [0.2, 0.25) is 0 Å². The molecule has 0 radical (unpaired) electrons. The van der Waals surface area contributed by atoms with Crippen molar-refractivity contribution in [1.82, 2.24) is 10.2 Å². The summed E-state index contributed by atoms with van der Waals surface area (Å²) in [5, 5.41) is 3.26. The van der Waals surface area contributed by atoms with Gasteiger partial charge in [0.05, 0.1) is 0 Å². The Kier molecular flexibility index (Phi) is 4.86. The summed E-state index contributed by atoms with van der Waals surface area (Å²) in [6.45, 7) is 5.74. The maximum atomic E-state index is 11.9. The second kappa shape index (κ2) is 5.70. The Labute approximate surface area is 88.8 Å². The summed E-state index contributed by atoms with van der Waals surface area (Å²) in [6.07, 6.45) is -3.74. The van der Waals surface area contributed by atoms with E-state index < -0.39 is 12.6 Å². The number of rotatable bonds is 4. The molecule has 2 nitrogen and oxygen atoms in total. The first kappa shape index (κ1) is 12.8. The molecule has 0 spiro atoms. The SMILES string of the molecule is CC1CNCCN1CCCCC(F)(F)F. The Morgan fingerprint density at radius 2 is 2.07 bits per heavy atom. The van der Waals surface area contributed by atoms with E-state index in [1.54, 1.807) is 0 Å². The molecule has 15 heavy (non-hydrogen) atoms. The Balaban J connectivity index is 2.08. The van der Waals surface area contributed by atoms with Crippen LogP contribution in [0.25, 0.3) is 0 Å². The molecule has 1 heterocycles. The van der Waals surface area contributed by atoms with Crippen molar-refractivity contribution in [3.63, 3.8) is 0 Å². The number of unbranched alkanes of at least 4 members (excludes halogenated alkanes) is 1. The number of halogens is 3. The van der Waals surface area contributed by atoms with E-state index in [0.29, 0.717) is 12.5 Å². The van der Waals surface area contributed by atoms with Crippen molar-refractivity contribution in [1.29, 1.82) is 0 Å². The van der Waals surface area contributed by atoms with Crippen LogP contribution in [0.15, 0.2) is 0 Å². The van der Waals surface area contributed by atoms with Crippen LogP contribution in [-0.4, -0.2) is 43.3 Å². The lowest BCUT2D eigenvalue weighted by Gasteiger charge is -2.33. The summed E-state index contributed by atoms with van der Waals surface area (Å²) in [5.74, 6) is 0. The Hall–Kier alpha value is -0.290. The minimum Gasteiger partial charge on any atom is -0.314 e. The fourth-order valence-electron chi connectivity index (χ4n) is 1.86. The number of piperazine rings is 1. The first-order chi connectivity index (χ1) is 6.99. The molecular formula is C10H19F3N2. The normalized spacial score (nSPS) is 24.4. The molecule has 1 unspecified atom stereocenters. The monoisotopic (exact) mass is 224 g/mol. The van der Waals surface area contributed by atoms with Gasteiger partial charge in [0.15, 0.2) is 0 Å². The van der Waals surface area contributed by atoms with Crippen molar-refractivity contribution in [3.8, 4) is 0 Å². The molecule has 1 rings (SSSR count). The van der Waals surface area contributed by atoms with Crippen molar-refractivity contribution in [2.24, 2.45) is 0 Å². The third-order valence-electron chi connectivity index (χ3n) is 2.79. The van der Waals surface area contributed by atoms with Crippen LogP contribution in [-0.2, 0) is 0 Å². The highest BCUT2D eigenvalue weighted by atomic mass is 19.4. The molecule has 0 aromatic heterocycles. The molecule has 5 heteroatoms. The van der Waals surface area contributed by atoms with E-state index in [4.69, 9.17) is 0 Å². The van der Waals surface area contributed by atoms with Crippen LogP contribution in [0.5, 0.6) is 0 Å². The van der Waals surface area contributed by atoms with Gasteiger partial charge >= 0.3 is 6.18 Å². The number of hydrogen-bond acceptors (Lipinski definition) is 2. The maximum Gasteiger partial charge on any atom is 0.389 e. The summed E-state index contributed by atoms with van der Waals surface area (Å²) < 4.78 is 35.6. The van der Waals surface area contributed by atoms with E-state index in [1.807, 2.05) is 0 Å². The third-order valence-corrected chi connectivity index (χ3v) is 2.79. The van der Waals surface area contributed by atoms with Crippen molar-refractivity contribution in [3.05, 3.63) is 0 Å². The molecule has 0 aromatic carbocycles. The molecule has 1 aliphatic heterocycles. The quantitative estimate of drug-likeness (QED) is 0.735. The summed E-state index contributed by atoms with van der Waals surface area (Å²) in [7, 11) is 0. The average Bonchev–Trinajstić information content (AvgIpc) is 2.13. The van der Waals surface area contributed by atoms with Crippen molar-refractivity contribution >= 4 is 0 Å². The molecule has 0 amide bonds. The molecule has 1 aliphatic rings. The molecule has 0 aliphatic carbocycles. The van der Waals surface area contributed by atoms with Gasteiger partial charge in [0, 0.05) is 32.1 Å². The van der Waals surface area contributed by atoms with Crippen LogP contribution in [0.1, 0.15) is 26.2 Å². The van der Waals surface area contributed by atoms with Gasteiger partial charge in [-0.3, -0.25) is 4.90 Å². The first-order valence-electron chi connectivity index (χ1n) is 5.50. The molecule has 0 saturated carbocycles. The third kappa shape index (κ3) is 5.37. The smallest absolute Gasteiger partial charge is 0.314 e. The molecular weight excluding hydrogens is 205 g/mol. The predicted octanol–water partition coefficient (Wildman–Crippen LogP) is 2.01. The number of nitrogens with one attached hydrogen (secondary N) is 1. The average molecular weight is 224 g/mol. The molecule has 90 valence electrons. The van der Waals surface area contributed by atoms with E-state index in [-0.39, 0.29) is 6.42 Å². The van der Waals surface area contributed by atoms with Crippen LogP contribution >= 0.6 is 0 Å². The maximum absolute atomic E-state index is 11.9. The minimum atomic E-state index is -3.99. The zero-order valence-electron chi connectivity index (χ0n) is 9.11. The van der Waals surface area contributed by atoms with Gasteiger partial charge in [-0.15, -0.1) is 0 Å². The number of nitrogens with zero attached hydrogens (tertiary/aromatic N) is 1. The van der Waals surface area contributed by atoms with Crippen LogP contribution in [0.4, 0.5) is 13.2 Å². The Morgan fingerprint density at radius 3 is 2.67 bits per heavy atom. The Bertz CT molecular complexity index is 182. The van der Waals surface area contributed by atoms with Gasteiger partial charge < -0.3 is 5.32 Å². The van der Waals surface area contributed by atoms with E-state index in [9.17, 15) is 13.2 Å². The number of alkyl halides is 3. The van der Waals surface area contributed by atoms with Crippen LogP contribution in [0.2, 0.25) is 0 Å². The lowest BCUT2D eigenvalue weighted by molar-refractivity contribution is -0.135.